The van der Waals surface area contributed by atoms with Gasteiger partial charge in [-0.25, -0.2) is 0 Å². The Morgan fingerprint density at radius 1 is 1.19 bits per heavy atom. The number of likely N-dealkylation sites (tertiary alicyclic amines) is 1. The van der Waals surface area contributed by atoms with Crippen LogP contribution in [0.4, 0.5) is 5.69 Å². The van der Waals surface area contributed by atoms with Crippen molar-refractivity contribution >= 4 is 17.5 Å². The third-order valence-electron chi connectivity index (χ3n) is 5.18. The number of ether oxygens (including phenoxy) is 1. The molecule has 26 heavy (non-hydrogen) atoms. The molecule has 2 heterocycles. The molecule has 0 radical (unpaired) electrons. The van der Waals surface area contributed by atoms with Gasteiger partial charge in [0.05, 0.1) is 12.5 Å². The zero-order valence-corrected chi connectivity index (χ0v) is 14.8. The molecule has 2 aromatic rings. The number of nitrogens with one attached hydrogen (secondary N) is 1. The summed E-state index contributed by atoms with van der Waals surface area (Å²) < 4.78 is 5.42. The molecule has 0 bridgehead atoms. The lowest BCUT2D eigenvalue weighted by molar-refractivity contribution is -0.115. The van der Waals surface area contributed by atoms with Crippen molar-refractivity contribution in [3.05, 3.63) is 53.6 Å². The molecule has 1 saturated heterocycles. The molecule has 0 aliphatic carbocycles. The average molecular weight is 350 g/mol. The Morgan fingerprint density at radius 3 is 2.88 bits per heavy atom. The lowest BCUT2D eigenvalue weighted by atomic mass is 9.99. The number of methoxy groups -OCH3 is 1. The van der Waals surface area contributed by atoms with Crippen LogP contribution in [-0.2, 0) is 16.0 Å². The van der Waals surface area contributed by atoms with E-state index in [0.29, 0.717) is 18.5 Å². The van der Waals surface area contributed by atoms with Crippen LogP contribution in [0.1, 0.15) is 28.8 Å². The Bertz CT molecular complexity index is 862. The van der Waals surface area contributed by atoms with Gasteiger partial charge in [-0.05, 0) is 47.7 Å². The van der Waals surface area contributed by atoms with E-state index in [1.54, 1.807) is 7.11 Å². The van der Waals surface area contributed by atoms with Gasteiger partial charge >= 0.3 is 0 Å². The van der Waals surface area contributed by atoms with Crippen LogP contribution in [-0.4, -0.2) is 43.0 Å². The molecule has 1 fully saturated rings. The number of carbonyl (C=O) groups is 2. The van der Waals surface area contributed by atoms with Gasteiger partial charge in [-0.1, -0.05) is 24.3 Å². The summed E-state index contributed by atoms with van der Waals surface area (Å²) in [6, 6.07) is 13.6. The third-order valence-corrected chi connectivity index (χ3v) is 5.18. The number of carbonyl (C=O) groups excluding carboxylic acids is 2. The molecule has 5 nitrogen and oxygen atoms in total. The number of hydrogen-bond acceptors (Lipinski definition) is 3. The van der Waals surface area contributed by atoms with Gasteiger partial charge in [0, 0.05) is 31.5 Å². The number of benzene rings is 2. The van der Waals surface area contributed by atoms with Crippen LogP contribution in [0.25, 0.3) is 11.1 Å². The van der Waals surface area contributed by atoms with Crippen molar-refractivity contribution in [1.29, 1.82) is 0 Å². The highest BCUT2D eigenvalue weighted by Gasteiger charge is 2.24. The van der Waals surface area contributed by atoms with Crippen LogP contribution < -0.4 is 5.32 Å². The number of amides is 2. The molecule has 1 N–H and O–H groups in total. The second kappa shape index (κ2) is 6.92. The second-order valence-electron chi connectivity index (χ2n) is 6.93. The number of nitrogens with zero attached hydrogens (tertiary/aromatic N) is 1. The van der Waals surface area contributed by atoms with Crippen molar-refractivity contribution in [2.75, 3.05) is 25.5 Å². The van der Waals surface area contributed by atoms with Crippen LogP contribution in [0.2, 0.25) is 0 Å². The van der Waals surface area contributed by atoms with Crippen LogP contribution in [0, 0.1) is 0 Å². The molecule has 134 valence electrons. The van der Waals surface area contributed by atoms with Crippen molar-refractivity contribution in [1.82, 2.24) is 4.90 Å². The van der Waals surface area contributed by atoms with E-state index in [9.17, 15) is 9.59 Å². The summed E-state index contributed by atoms with van der Waals surface area (Å²) in [6.45, 7) is 1.41. The molecule has 4 rings (SSSR count). The smallest absolute Gasteiger partial charge is 0.253 e. The first-order chi connectivity index (χ1) is 12.6. The summed E-state index contributed by atoms with van der Waals surface area (Å²) in [5.74, 6) is 0.0712. The van der Waals surface area contributed by atoms with Gasteiger partial charge < -0.3 is 15.0 Å². The fourth-order valence-corrected chi connectivity index (χ4v) is 3.72. The highest BCUT2D eigenvalue weighted by molar-refractivity contribution is 6.00. The number of rotatable bonds is 3. The van der Waals surface area contributed by atoms with Gasteiger partial charge in [-0.3, -0.25) is 9.59 Å². The van der Waals surface area contributed by atoms with Crippen LogP contribution >= 0.6 is 0 Å². The van der Waals surface area contributed by atoms with Crippen LogP contribution in [0.5, 0.6) is 0 Å². The molecular weight excluding hydrogens is 328 g/mol. The summed E-state index contributed by atoms with van der Waals surface area (Å²) in [7, 11) is 1.70. The minimum Gasteiger partial charge on any atom is -0.380 e. The Kier molecular flexibility index (Phi) is 4.47. The van der Waals surface area contributed by atoms with E-state index in [0.717, 1.165) is 41.8 Å². The first-order valence-electron chi connectivity index (χ1n) is 8.99. The number of piperidine rings is 1. The van der Waals surface area contributed by atoms with E-state index in [4.69, 9.17) is 4.74 Å². The lowest BCUT2D eigenvalue weighted by Crippen LogP contribution is -2.42. The maximum atomic E-state index is 12.9. The normalized spacial score (nSPS) is 19.2. The highest BCUT2D eigenvalue weighted by atomic mass is 16.5. The molecule has 0 spiro atoms. The average Bonchev–Trinajstić information content (AvgIpc) is 3.06. The maximum absolute atomic E-state index is 12.9. The Hall–Kier alpha value is -2.66. The fraction of sp³-hybridized carbons (Fsp3) is 0.333. The van der Waals surface area contributed by atoms with Crippen molar-refractivity contribution in [3.8, 4) is 11.1 Å². The van der Waals surface area contributed by atoms with Gasteiger partial charge in [-0.2, -0.15) is 0 Å². The van der Waals surface area contributed by atoms with Gasteiger partial charge in [0.25, 0.3) is 5.91 Å². The summed E-state index contributed by atoms with van der Waals surface area (Å²) >= 11 is 0. The molecular formula is C21H22N2O3. The minimum absolute atomic E-state index is 0.0267. The maximum Gasteiger partial charge on any atom is 0.253 e. The van der Waals surface area contributed by atoms with Gasteiger partial charge in [0.1, 0.15) is 0 Å². The predicted molar refractivity (Wildman–Crippen MR) is 100 cm³/mol. The standard InChI is InChI=1S/C21H22N2O3/c1-26-18-6-3-9-23(13-18)21(25)17-5-2-4-14(10-17)15-7-8-16-12-20(24)22-19(16)11-15/h2,4-5,7-8,10-11,18H,3,6,9,12-13H2,1H3,(H,22,24)/t18-/m1/s1. The SMILES string of the molecule is CO[C@@H]1CCCN(C(=O)c2cccc(-c3ccc4c(c3)NC(=O)C4)c2)C1. The van der Waals surface area contributed by atoms with Crippen molar-refractivity contribution in [3.63, 3.8) is 0 Å². The van der Waals surface area contributed by atoms with Crippen molar-refractivity contribution < 1.29 is 14.3 Å². The number of anilines is 1. The van der Waals surface area contributed by atoms with E-state index in [1.807, 2.05) is 47.4 Å². The van der Waals surface area contributed by atoms with Gasteiger partial charge in [0.2, 0.25) is 5.91 Å². The number of fused-ring (bicyclic) bond motifs is 1. The monoisotopic (exact) mass is 350 g/mol. The largest absolute Gasteiger partial charge is 0.380 e. The molecule has 0 aromatic heterocycles. The summed E-state index contributed by atoms with van der Waals surface area (Å²) in [4.78, 5) is 26.3. The topological polar surface area (TPSA) is 58.6 Å². The molecule has 2 aromatic carbocycles. The van der Waals surface area contributed by atoms with E-state index in [-0.39, 0.29) is 17.9 Å². The van der Waals surface area contributed by atoms with E-state index < -0.39 is 0 Å². The fourth-order valence-electron chi connectivity index (χ4n) is 3.72. The molecule has 2 aliphatic heterocycles. The number of hydrogen-bond donors (Lipinski definition) is 1. The van der Waals surface area contributed by atoms with Crippen molar-refractivity contribution in [2.45, 2.75) is 25.4 Å². The first kappa shape index (κ1) is 16.8. The first-order valence-corrected chi connectivity index (χ1v) is 8.99. The van der Waals surface area contributed by atoms with E-state index >= 15 is 0 Å². The summed E-state index contributed by atoms with van der Waals surface area (Å²) in [5.41, 5.74) is 4.53. The summed E-state index contributed by atoms with van der Waals surface area (Å²) in [5, 5.41) is 2.88. The molecule has 2 amide bonds. The van der Waals surface area contributed by atoms with Crippen LogP contribution in [0.15, 0.2) is 42.5 Å². The molecule has 0 saturated carbocycles. The molecule has 5 heteroatoms. The Labute approximate surface area is 153 Å². The van der Waals surface area contributed by atoms with Gasteiger partial charge in [0.15, 0.2) is 0 Å². The second-order valence-corrected chi connectivity index (χ2v) is 6.93. The van der Waals surface area contributed by atoms with Crippen molar-refractivity contribution in [2.24, 2.45) is 0 Å². The zero-order valence-electron chi connectivity index (χ0n) is 14.8. The Morgan fingerprint density at radius 2 is 2.04 bits per heavy atom. The molecule has 1 atom stereocenters. The highest BCUT2D eigenvalue weighted by Crippen LogP contribution is 2.30. The van der Waals surface area contributed by atoms with E-state index in [1.165, 1.54) is 0 Å². The molecule has 2 aliphatic rings. The van der Waals surface area contributed by atoms with Gasteiger partial charge in [-0.15, -0.1) is 0 Å². The Balaban J connectivity index is 1.58. The lowest BCUT2D eigenvalue weighted by Gasteiger charge is -2.32. The quantitative estimate of drug-likeness (QED) is 0.925. The summed E-state index contributed by atoms with van der Waals surface area (Å²) in [6.07, 6.45) is 2.52. The van der Waals surface area contributed by atoms with Crippen LogP contribution in [0.3, 0.4) is 0 Å². The van der Waals surface area contributed by atoms with E-state index in [2.05, 4.69) is 5.32 Å². The molecule has 0 unspecified atom stereocenters. The predicted octanol–water partition coefficient (Wildman–Crippen LogP) is 3.10. The minimum atomic E-state index is 0.0267. The third kappa shape index (κ3) is 3.22. The zero-order chi connectivity index (χ0) is 18.1.